The predicted molar refractivity (Wildman–Crippen MR) is 528 cm³/mol. The molecule has 9 heterocycles. The number of nitro benzene ring substituents is 3. The number of nitrogens with two attached hydrogens (primary N) is 3. The number of amides is 3. The van der Waals surface area contributed by atoms with Crippen LogP contribution in [0.3, 0.4) is 0 Å². The monoisotopic (exact) mass is 2060 g/mol. The SMILES string of the molecule is CN(C)/C=C1\CN(C(=O)OC(C)(C)C)CCC1=O.CNc1nc(Cl)nc(C)c1F.CNc1nc(Nc2ccc(OC)c(-n3cc4c(n3)CCNC4)c2)nc(C)c1F.CO.COc1ccc(N)cc1-n1cc2c(n1)CCN(C(=O)OC(C)(C)C)C2.COc1ccc([N+](=O)[O-])cc1-n1cc2c(n1)CCN(C(=O)OC(C)(C)C)C2.COc1ccc([N+](=O)[O-])cc1N.COc1ccc([N+](=O)[O-])cc1NN.Cl.O=C(O)C(F)(F)F. The third-order valence-corrected chi connectivity index (χ3v) is 19.8. The second-order valence-corrected chi connectivity index (χ2v) is 34.3. The van der Waals surface area contributed by atoms with Crippen LogP contribution in [-0.2, 0) is 62.7 Å². The fraction of sp³-hybridized carbons (Fsp3) is 0.407. The number of hydrogen-bond donors (Lipinski definition) is 10. The molecule has 5 aromatic carbocycles. The molecule has 10 aromatic rings. The number of aliphatic hydroxyl groups excluding tert-OH is 1. The number of halogens is 7. The van der Waals surface area contributed by atoms with E-state index in [9.17, 15) is 71.5 Å². The van der Waals surface area contributed by atoms with Gasteiger partial charge >= 0.3 is 30.4 Å². The molecule has 0 aliphatic carbocycles. The average molecular weight is 2070 g/mol. The van der Waals surface area contributed by atoms with E-state index in [1.54, 1.807) is 83.8 Å². The lowest BCUT2D eigenvalue weighted by molar-refractivity contribution is -0.385. The van der Waals surface area contributed by atoms with Crippen LogP contribution in [0.2, 0.25) is 5.28 Å². The number of fused-ring (bicyclic) bond motifs is 3. The van der Waals surface area contributed by atoms with Crippen LogP contribution in [0.1, 0.15) is 114 Å². The Labute approximate surface area is 836 Å². The van der Waals surface area contributed by atoms with Crippen molar-refractivity contribution in [2.75, 3.05) is 136 Å². The van der Waals surface area contributed by atoms with Gasteiger partial charge in [-0.05, 0) is 142 Å². The Morgan fingerprint density at radius 2 is 0.931 bits per heavy atom. The molecule has 0 atom stereocenters. The number of nitrogen functional groups attached to an aromatic ring is 3. The number of carboxylic acids is 1. The largest absolute Gasteiger partial charge is 0.495 e. The Kier molecular flexibility index (Phi) is 44.6. The quantitative estimate of drug-likeness (QED) is 0.00591. The molecule has 46 nitrogen and oxygen atoms in total. The van der Waals surface area contributed by atoms with E-state index in [1.807, 2.05) is 129 Å². The summed E-state index contributed by atoms with van der Waals surface area (Å²) in [5.41, 5.74) is 23.2. The van der Waals surface area contributed by atoms with Gasteiger partial charge in [-0.2, -0.15) is 38.4 Å². The van der Waals surface area contributed by atoms with Crippen molar-refractivity contribution < 1.29 is 109 Å². The number of benzene rings is 5. The highest BCUT2D eigenvalue weighted by molar-refractivity contribution is 6.28. The summed E-state index contributed by atoms with van der Waals surface area (Å²) >= 11 is 5.47. The van der Waals surface area contributed by atoms with Gasteiger partial charge in [0.1, 0.15) is 62.6 Å². The van der Waals surface area contributed by atoms with Gasteiger partial charge in [-0.3, -0.25) is 41.0 Å². The first-order valence-corrected chi connectivity index (χ1v) is 43.7. The molecule has 784 valence electrons. The summed E-state index contributed by atoms with van der Waals surface area (Å²) in [5, 5.41) is 71.6. The second kappa shape index (κ2) is 53.9. The maximum atomic E-state index is 14.0. The Bertz CT molecular complexity index is 6110. The number of anilines is 7. The zero-order chi connectivity index (χ0) is 107. The van der Waals surface area contributed by atoms with Crippen LogP contribution in [0.4, 0.5) is 93.7 Å². The summed E-state index contributed by atoms with van der Waals surface area (Å²) in [6.45, 7) is 24.1. The first-order chi connectivity index (χ1) is 67.1. The number of carbonyl (C=O) groups is 5. The van der Waals surface area contributed by atoms with Gasteiger partial charge in [0.05, 0.1) is 110 Å². The van der Waals surface area contributed by atoms with Gasteiger partial charge in [-0.15, -0.1) is 12.4 Å². The molecule has 1 fully saturated rings. The Morgan fingerprint density at radius 3 is 1.35 bits per heavy atom. The molecule has 0 radical (unpaired) electrons. The molecule has 0 saturated carbocycles. The number of ketones is 1. The maximum absolute atomic E-state index is 14.0. The molecule has 3 amide bonds. The number of piperidine rings is 1. The van der Waals surface area contributed by atoms with Crippen LogP contribution in [0, 0.1) is 55.8 Å². The highest BCUT2D eigenvalue weighted by Gasteiger charge is 2.39. The number of Topliss-reactive ketones (excluding diaryl/α,β-unsaturated/α-hetero) is 1. The van der Waals surface area contributed by atoms with Crippen LogP contribution in [-0.4, -0.2) is 250 Å². The first kappa shape index (κ1) is 119. The second-order valence-electron chi connectivity index (χ2n) is 33.9. The minimum absolute atomic E-state index is 0. The van der Waals surface area contributed by atoms with Crippen LogP contribution < -0.4 is 67.7 Å². The van der Waals surface area contributed by atoms with Gasteiger partial charge in [0.15, 0.2) is 29.1 Å². The van der Waals surface area contributed by atoms with Crippen molar-refractivity contribution in [1.82, 2.24) is 74.2 Å². The fourth-order valence-corrected chi connectivity index (χ4v) is 13.2. The van der Waals surface area contributed by atoms with Crippen molar-refractivity contribution in [2.24, 2.45) is 5.84 Å². The van der Waals surface area contributed by atoms with Crippen molar-refractivity contribution in [2.45, 2.75) is 144 Å². The zero-order valence-electron chi connectivity index (χ0n) is 83.1. The summed E-state index contributed by atoms with van der Waals surface area (Å²) in [6.07, 6.45) is 3.89. The van der Waals surface area contributed by atoms with Crippen molar-refractivity contribution in [3.63, 3.8) is 0 Å². The van der Waals surface area contributed by atoms with E-state index in [4.69, 9.17) is 86.9 Å². The molecular weight excluding hydrogens is 1950 g/mol. The third-order valence-electron chi connectivity index (χ3n) is 19.6. The van der Waals surface area contributed by atoms with Crippen molar-refractivity contribution in [1.29, 1.82) is 0 Å². The minimum Gasteiger partial charge on any atom is -0.495 e. The number of ether oxygens (including phenoxy) is 8. The van der Waals surface area contributed by atoms with E-state index in [-0.39, 0.29) is 87.5 Å². The molecule has 1 saturated heterocycles. The molecule has 4 aliphatic rings. The maximum Gasteiger partial charge on any atom is 0.490 e. The molecule has 14 rings (SSSR count). The van der Waals surface area contributed by atoms with E-state index >= 15 is 0 Å². The number of hydrogen-bond acceptors (Lipinski definition) is 36. The minimum atomic E-state index is -5.08. The van der Waals surface area contributed by atoms with Gasteiger partial charge in [0.2, 0.25) is 11.2 Å². The van der Waals surface area contributed by atoms with E-state index in [2.05, 4.69) is 56.8 Å². The smallest absolute Gasteiger partial charge is 0.490 e. The number of aliphatic hydroxyl groups is 1. The molecule has 5 aromatic heterocycles. The Balaban J connectivity index is 0.000000298. The average Bonchev–Trinajstić information content (AvgIpc) is 1.66. The van der Waals surface area contributed by atoms with Crippen LogP contribution in [0.25, 0.3) is 17.1 Å². The van der Waals surface area contributed by atoms with Gasteiger partial charge < -0.3 is 106 Å². The van der Waals surface area contributed by atoms with E-state index < -0.39 is 55.4 Å². The molecule has 144 heavy (non-hydrogen) atoms. The number of carbonyl (C=O) groups excluding carboxylic acids is 4. The lowest BCUT2D eigenvalue weighted by Gasteiger charge is -2.30. The van der Waals surface area contributed by atoms with Crippen molar-refractivity contribution in [3.8, 4) is 45.8 Å². The fourth-order valence-electron chi connectivity index (χ4n) is 13.0. The number of nitro groups is 3. The number of alkyl halides is 3. The number of nitrogens with zero attached hydrogens (tertiary/aromatic N) is 17. The van der Waals surface area contributed by atoms with Crippen LogP contribution >= 0.6 is 24.0 Å². The van der Waals surface area contributed by atoms with E-state index in [0.29, 0.717) is 116 Å². The number of rotatable bonds is 17. The normalized spacial score (nSPS) is 13.0. The number of hydrazine groups is 1. The predicted octanol–water partition coefficient (Wildman–Crippen LogP) is 14.4. The highest BCUT2D eigenvalue weighted by Crippen LogP contribution is 2.36. The lowest BCUT2D eigenvalue weighted by Crippen LogP contribution is -2.43. The number of aryl methyl sites for hydroxylation is 2. The first-order valence-electron chi connectivity index (χ1n) is 43.4. The van der Waals surface area contributed by atoms with Gasteiger partial charge in [0, 0.05) is 189 Å². The number of non-ortho nitro benzene ring substituents is 3. The third kappa shape index (κ3) is 35.6. The molecular formula is C91H120Cl2F5N25O21. The van der Waals surface area contributed by atoms with Gasteiger partial charge in [-0.25, -0.2) is 52.0 Å². The lowest BCUT2D eigenvalue weighted by atomic mass is 10.0. The summed E-state index contributed by atoms with van der Waals surface area (Å²) in [5.74, 6) is 4.93. The number of aliphatic carboxylic acids is 1. The number of methoxy groups -OCH3 is 5. The summed E-state index contributed by atoms with van der Waals surface area (Å²) in [4.78, 5) is 110. The van der Waals surface area contributed by atoms with Gasteiger partial charge in [0.25, 0.3) is 17.1 Å². The molecule has 0 bridgehead atoms. The van der Waals surface area contributed by atoms with Crippen molar-refractivity contribution in [3.05, 3.63) is 214 Å². The number of aromatic nitrogens is 10. The molecule has 0 unspecified atom stereocenters. The Morgan fingerprint density at radius 1 is 0.542 bits per heavy atom. The summed E-state index contributed by atoms with van der Waals surface area (Å²) in [7, 11) is 15.6. The van der Waals surface area contributed by atoms with E-state index in [0.717, 1.165) is 71.9 Å². The Hall–Kier alpha value is -15.5. The van der Waals surface area contributed by atoms with E-state index in [1.165, 1.54) is 82.3 Å². The highest BCUT2D eigenvalue weighted by atomic mass is 35.5. The van der Waals surface area contributed by atoms with Crippen LogP contribution in [0.5, 0.6) is 28.7 Å². The summed E-state index contributed by atoms with van der Waals surface area (Å²) < 4.78 is 106. The molecule has 13 N–H and O–H groups in total. The number of nitrogens with one attached hydrogen (secondary N) is 5. The number of likely N-dealkylation sites (tertiary alicyclic amines) is 1. The van der Waals surface area contributed by atoms with Gasteiger partial charge in [-0.1, -0.05) is 0 Å². The standard InChI is InChI=1S/C19H22FN7O.C18H22N4O5.C18H24N4O3.C13H22N2O3.C7H9N3O3.C7H8N2O3.C6H7ClFN3.C2HF3O2.CH4O.ClH/c1-11-17(20)18(21-2)25-19(23-11)24-13-4-5-16(28-3)15(8-13)27-10-12-9-22-7-6-14(12)26-27;1-18(2,3)27-17(23)20-8-7-14-12(10-20)11-21(19-14)15-9-13(22(24)25)5-6-16(15)26-4;1-18(2,3)25-17(23)21-8-7-14-12(10-21)11-22(20-14)15-9-13(19)5-6-16(15)24-4;1-13(2,3)18-12(17)15-7-6-11(16)10(9-15)8-14(4)5;1-13-7-3-2-5(10(11)12)4-6(7)9-8;1-12-7-3-2-5(9(10)11)4-6(7)8;1-3-4(8)5(9-2)11-6(7)10-3;3-2(4,5)1(6)7;1-2;/h4-5,8,10,22H,6-7,9H2,1-3H3,(H2,21,23,24,25);5-6,9,11H,7-8,10H2,1-4H3;5-6,9,11H,7-8,10,19H2,1-4H3;8H,6-7,9H2,1-5H3;2-4,9H,8H2,1H3;2-4H,8H2,1H3;1-2H3,(H,9,10,11);(H,6,7);2H,1H3;1H/b;;;10-8+;;;;;;. The zero-order valence-corrected chi connectivity index (χ0v) is 84.7. The molecule has 0 spiro atoms. The van der Waals surface area contributed by atoms with Crippen LogP contribution in [0.15, 0.2) is 121 Å². The van der Waals surface area contributed by atoms with Crippen molar-refractivity contribution >= 4 is 111 Å². The molecule has 53 heteroatoms. The molecule has 4 aliphatic heterocycles. The topological polar surface area (TPSA) is 585 Å². The summed E-state index contributed by atoms with van der Waals surface area (Å²) in [6, 6.07) is 23.6. The number of carboxylic acid groups (broad SMARTS) is 1.